The number of ether oxygens (including phenoxy) is 2. The predicted octanol–water partition coefficient (Wildman–Crippen LogP) is 8.73. The van der Waals surface area contributed by atoms with E-state index in [4.69, 9.17) is 9.47 Å². The van der Waals surface area contributed by atoms with Crippen molar-refractivity contribution >= 4 is 0 Å². The average Bonchev–Trinajstić information content (AvgIpc) is 3.16. The Kier molecular flexibility index (Phi) is 7.69. The smallest absolute Gasteiger partial charge is 0.167 e. The minimum absolute atomic E-state index is 0.319. The van der Waals surface area contributed by atoms with Gasteiger partial charge in [0.05, 0.1) is 0 Å². The van der Waals surface area contributed by atoms with E-state index >= 15 is 0 Å². The van der Waals surface area contributed by atoms with E-state index in [9.17, 15) is 0 Å². The molecule has 192 valence electrons. The molecule has 0 heterocycles. The van der Waals surface area contributed by atoms with Crippen LogP contribution in [0.15, 0.2) is 0 Å². The summed E-state index contributed by atoms with van der Waals surface area (Å²) in [7, 11) is 3.71. The molecule has 2 nitrogen and oxygen atoms in total. The molecule has 0 N–H and O–H groups in total. The fourth-order valence-corrected chi connectivity index (χ4v) is 10.3. The van der Waals surface area contributed by atoms with Crippen LogP contribution in [0.3, 0.4) is 0 Å². The molecule has 0 bridgehead atoms. The van der Waals surface area contributed by atoms with Gasteiger partial charge in [-0.2, -0.15) is 0 Å². The van der Waals surface area contributed by atoms with E-state index in [2.05, 4.69) is 41.5 Å². The van der Waals surface area contributed by atoms with Crippen LogP contribution in [0.25, 0.3) is 0 Å². The number of rotatable bonds is 8. The van der Waals surface area contributed by atoms with Crippen molar-refractivity contribution in [3.05, 3.63) is 0 Å². The van der Waals surface area contributed by atoms with Gasteiger partial charge in [-0.3, -0.25) is 0 Å². The molecular formula is C31H56O2. The first kappa shape index (κ1) is 26.0. The van der Waals surface area contributed by atoms with Gasteiger partial charge in [-0.25, -0.2) is 0 Å². The van der Waals surface area contributed by atoms with Crippen LogP contribution in [-0.4, -0.2) is 20.0 Å². The van der Waals surface area contributed by atoms with Gasteiger partial charge >= 0.3 is 0 Å². The van der Waals surface area contributed by atoms with Crippen molar-refractivity contribution in [3.63, 3.8) is 0 Å². The molecule has 0 aromatic rings. The van der Waals surface area contributed by atoms with E-state index in [0.29, 0.717) is 10.8 Å². The monoisotopic (exact) mass is 460 g/mol. The molecule has 4 aliphatic carbocycles. The summed E-state index contributed by atoms with van der Waals surface area (Å²) in [5.41, 5.74) is 1.10. The fraction of sp³-hybridized carbons (Fsp3) is 1.00. The molecule has 4 fully saturated rings. The lowest BCUT2D eigenvalue weighted by molar-refractivity contribution is -0.261. The van der Waals surface area contributed by atoms with Gasteiger partial charge in [-0.1, -0.05) is 54.4 Å². The molecule has 0 radical (unpaired) electrons. The molecule has 4 rings (SSSR count). The van der Waals surface area contributed by atoms with Crippen molar-refractivity contribution in [2.45, 2.75) is 124 Å². The maximum atomic E-state index is 5.92. The third-order valence-electron chi connectivity index (χ3n) is 12.6. The zero-order chi connectivity index (χ0) is 24.0. The second-order valence-corrected chi connectivity index (χ2v) is 13.9. The third kappa shape index (κ3) is 4.36. The Balaban J connectivity index is 1.45. The molecule has 0 aromatic carbocycles. The largest absolute Gasteiger partial charge is 0.353 e. The lowest BCUT2D eigenvalue weighted by Gasteiger charge is -2.62. The highest BCUT2D eigenvalue weighted by Crippen LogP contribution is 2.69. The number of fused-ring (bicyclic) bond motifs is 5. The van der Waals surface area contributed by atoms with Crippen LogP contribution in [0.2, 0.25) is 0 Å². The van der Waals surface area contributed by atoms with Crippen LogP contribution in [0.1, 0.15) is 119 Å². The number of hydrogen-bond acceptors (Lipinski definition) is 2. The molecule has 0 spiro atoms. The molecule has 9 unspecified atom stereocenters. The average molecular weight is 461 g/mol. The second-order valence-electron chi connectivity index (χ2n) is 13.9. The maximum Gasteiger partial charge on any atom is 0.167 e. The summed E-state index contributed by atoms with van der Waals surface area (Å²) in [6, 6.07) is 0. The van der Waals surface area contributed by atoms with Gasteiger partial charge in [-0.15, -0.1) is 0 Å². The minimum Gasteiger partial charge on any atom is -0.353 e. The van der Waals surface area contributed by atoms with Crippen molar-refractivity contribution in [3.8, 4) is 0 Å². The molecular weight excluding hydrogens is 404 g/mol. The Morgan fingerprint density at radius 1 is 0.788 bits per heavy atom. The highest BCUT2D eigenvalue weighted by molar-refractivity contribution is 5.10. The lowest BCUT2D eigenvalue weighted by atomic mass is 9.44. The zero-order valence-corrected chi connectivity index (χ0v) is 23.4. The maximum absolute atomic E-state index is 5.92. The van der Waals surface area contributed by atoms with Crippen molar-refractivity contribution in [2.75, 3.05) is 14.2 Å². The van der Waals surface area contributed by atoms with Crippen molar-refractivity contribution in [2.24, 2.45) is 58.2 Å². The summed E-state index contributed by atoms with van der Waals surface area (Å²) in [5.74, 6) is 6.95. The van der Waals surface area contributed by atoms with Crippen LogP contribution in [-0.2, 0) is 9.47 Å². The van der Waals surface area contributed by atoms with E-state index in [1.165, 1.54) is 64.2 Å². The quantitative estimate of drug-likeness (QED) is 0.337. The Hall–Kier alpha value is -0.0800. The van der Waals surface area contributed by atoms with Crippen LogP contribution in [0.4, 0.5) is 0 Å². The molecule has 4 aliphatic rings. The summed E-state index contributed by atoms with van der Waals surface area (Å²) in [4.78, 5) is 0. The predicted molar refractivity (Wildman–Crippen MR) is 139 cm³/mol. The molecule has 0 aliphatic heterocycles. The van der Waals surface area contributed by atoms with E-state index in [1.54, 1.807) is 0 Å². The Labute approximate surface area is 206 Å². The zero-order valence-electron chi connectivity index (χ0n) is 23.4. The van der Waals surface area contributed by atoms with Gasteiger partial charge in [0.2, 0.25) is 0 Å². The first-order chi connectivity index (χ1) is 15.6. The molecule has 0 aromatic heterocycles. The molecule has 0 amide bonds. The van der Waals surface area contributed by atoms with Crippen molar-refractivity contribution < 1.29 is 9.47 Å². The van der Waals surface area contributed by atoms with E-state index in [0.717, 1.165) is 60.2 Å². The first-order valence-corrected chi connectivity index (χ1v) is 14.7. The SMILES string of the molecule is CCC(CCC(C)C1CCC2C3CCC4CC(OC)(OC)CCC4(C)C3CCC12C)C(C)C. The van der Waals surface area contributed by atoms with Gasteiger partial charge in [0.1, 0.15) is 0 Å². The van der Waals surface area contributed by atoms with Gasteiger partial charge in [0, 0.05) is 27.1 Å². The summed E-state index contributed by atoms with van der Waals surface area (Å²) in [6.07, 6.45) is 16.5. The number of hydrogen-bond donors (Lipinski definition) is 0. The van der Waals surface area contributed by atoms with Crippen LogP contribution >= 0.6 is 0 Å². The molecule has 33 heavy (non-hydrogen) atoms. The third-order valence-corrected chi connectivity index (χ3v) is 12.6. The topological polar surface area (TPSA) is 18.5 Å². The van der Waals surface area contributed by atoms with Gasteiger partial charge in [0.25, 0.3) is 0 Å². The fourth-order valence-electron chi connectivity index (χ4n) is 10.3. The molecule has 0 saturated heterocycles. The van der Waals surface area contributed by atoms with E-state index < -0.39 is 0 Å². The first-order valence-electron chi connectivity index (χ1n) is 14.7. The summed E-state index contributed by atoms with van der Waals surface area (Å²) < 4.78 is 11.8. The number of methoxy groups -OCH3 is 2. The Morgan fingerprint density at radius 2 is 1.48 bits per heavy atom. The minimum atomic E-state index is -0.319. The van der Waals surface area contributed by atoms with Crippen LogP contribution < -0.4 is 0 Å². The van der Waals surface area contributed by atoms with Crippen LogP contribution in [0.5, 0.6) is 0 Å². The highest BCUT2D eigenvalue weighted by atomic mass is 16.7. The van der Waals surface area contributed by atoms with E-state index in [-0.39, 0.29) is 5.79 Å². The Bertz CT molecular complexity index is 653. The second kappa shape index (κ2) is 9.76. The Morgan fingerprint density at radius 3 is 2.12 bits per heavy atom. The van der Waals surface area contributed by atoms with Crippen molar-refractivity contribution in [1.82, 2.24) is 0 Å². The van der Waals surface area contributed by atoms with E-state index in [1.807, 2.05) is 14.2 Å². The van der Waals surface area contributed by atoms with Gasteiger partial charge in [0.15, 0.2) is 5.79 Å². The van der Waals surface area contributed by atoms with Gasteiger partial charge in [-0.05, 0) is 110 Å². The standard InChI is InChI=1S/C31H56O2/c1-9-23(21(2)3)11-10-22(4)26-14-15-27-25-13-12-24-20-31(32-7,33-8)19-18-29(24,5)28(25)16-17-30(26,27)6/h21-28H,9-20H2,1-8H3. The summed E-state index contributed by atoms with van der Waals surface area (Å²) in [5, 5.41) is 0. The highest BCUT2D eigenvalue weighted by Gasteiger charge is 2.61. The van der Waals surface area contributed by atoms with Gasteiger partial charge < -0.3 is 9.47 Å². The summed E-state index contributed by atoms with van der Waals surface area (Å²) >= 11 is 0. The normalized spacial score (nSPS) is 44.1. The molecule has 9 atom stereocenters. The van der Waals surface area contributed by atoms with Crippen molar-refractivity contribution in [1.29, 1.82) is 0 Å². The molecule has 4 saturated carbocycles. The molecule has 2 heteroatoms. The van der Waals surface area contributed by atoms with Crippen LogP contribution in [0, 0.1) is 58.2 Å². The summed E-state index contributed by atoms with van der Waals surface area (Å²) in [6.45, 7) is 15.3. The lowest BCUT2D eigenvalue weighted by Crippen LogP contribution is -2.56.